The van der Waals surface area contributed by atoms with Crippen LogP contribution in [0.15, 0.2) is 18.3 Å². The zero-order valence-electron chi connectivity index (χ0n) is 11.1. The summed E-state index contributed by atoms with van der Waals surface area (Å²) < 4.78 is 0. The van der Waals surface area contributed by atoms with Gasteiger partial charge < -0.3 is 5.11 Å². The average molecular weight is 233 g/mol. The highest BCUT2D eigenvalue weighted by atomic mass is 16.3. The van der Waals surface area contributed by atoms with Crippen molar-refractivity contribution in [1.29, 1.82) is 0 Å². The first kappa shape index (κ1) is 12.6. The van der Waals surface area contributed by atoms with Gasteiger partial charge in [-0.05, 0) is 42.7 Å². The Labute approximate surface area is 104 Å². The minimum absolute atomic E-state index is 0.247. The van der Waals surface area contributed by atoms with E-state index in [4.69, 9.17) is 0 Å². The lowest BCUT2D eigenvalue weighted by Crippen LogP contribution is -2.31. The van der Waals surface area contributed by atoms with Gasteiger partial charge in [0.15, 0.2) is 0 Å². The van der Waals surface area contributed by atoms with Crippen LogP contribution in [0.1, 0.15) is 44.4 Å². The summed E-state index contributed by atoms with van der Waals surface area (Å²) in [6.07, 6.45) is 5.95. The summed E-state index contributed by atoms with van der Waals surface area (Å²) in [5.74, 6) is 0.422. The van der Waals surface area contributed by atoms with Crippen molar-refractivity contribution in [2.45, 2.75) is 52.6 Å². The summed E-state index contributed by atoms with van der Waals surface area (Å²) in [4.78, 5) is 4.38. The normalized spacial score (nSPS) is 24.8. The maximum atomic E-state index is 10.4. The Morgan fingerprint density at radius 2 is 2.24 bits per heavy atom. The zero-order chi connectivity index (χ0) is 12.5. The molecule has 0 saturated heterocycles. The van der Waals surface area contributed by atoms with E-state index >= 15 is 0 Å². The summed E-state index contributed by atoms with van der Waals surface area (Å²) in [5.41, 5.74) is 2.46. The van der Waals surface area contributed by atoms with Crippen molar-refractivity contribution in [3.05, 3.63) is 29.6 Å². The molecule has 1 N–H and O–H groups in total. The third-order valence-electron chi connectivity index (χ3n) is 4.20. The Bertz CT molecular complexity index is 369. The van der Waals surface area contributed by atoms with Crippen molar-refractivity contribution < 1.29 is 5.11 Å². The van der Waals surface area contributed by atoms with Gasteiger partial charge in [-0.2, -0.15) is 0 Å². The van der Waals surface area contributed by atoms with Crippen LogP contribution < -0.4 is 0 Å². The molecule has 1 aliphatic carbocycles. The van der Waals surface area contributed by atoms with E-state index in [1.54, 1.807) is 0 Å². The number of hydrogen-bond acceptors (Lipinski definition) is 2. The van der Waals surface area contributed by atoms with Gasteiger partial charge in [-0.3, -0.25) is 4.98 Å². The predicted octanol–water partition coefficient (Wildman–Crippen LogP) is 3.12. The molecule has 1 heterocycles. The highest BCUT2D eigenvalue weighted by Gasteiger charge is 2.38. The fourth-order valence-corrected chi connectivity index (χ4v) is 3.04. The first-order valence-electron chi connectivity index (χ1n) is 6.58. The van der Waals surface area contributed by atoms with Crippen molar-refractivity contribution in [1.82, 2.24) is 4.98 Å². The molecule has 0 aromatic carbocycles. The molecular weight excluding hydrogens is 210 g/mol. The smallest absolute Gasteiger partial charge is 0.0628 e. The number of nitrogens with zero attached hydrogens (tertiary/aromatic N) is 1. The van der Waals surface area contributed by atoms with Gasteiger partial charge in [-0.25, -0.2) is 0 Å². The number of aromatic nitrogens is 1. The second kappa shape index (κ2) is 4.77. The van der Waals surface area contributed by atoms with Gasteiger partial charge >= 0.3 is 0 Å². The van der Waals surface area contributed by atoms with Crippen LogP contribution in [0, 0.1) is 18.3 Å². The highest BCUT2D eigenvalue weighted by molar-refractivity contribution is 5.13. The molecule has 2 atom stereocenters. The van der Waals surface area contributed by atoms with Crippen LogP contribution in [0.2, 0.25) is 0 Å². The van der Waals surface area contributed by atoms with Crippen LogP contribution in [-0.2, 0) is 6.42 Å². The van der Waals surface area contributed by atoms with Crippen molar-refractivity contribution in [3.63, 3.8) is 0 Å². The Morgan fingerprint density at radius 1 is 1.47 bits per heavy atom. The highest BCUT2D eigenvalue weighted by Crippen LogP contribution is 2.44. The second-order valence-electron chi connectivity index (χ2n) is 6.09. The number of aliphatic hydroxyl groups is 1. The molecule has 2 rings (SSSR count). The molecule has 2 heteroatoms. The fraction of sp³-hybridized carbons (Fsp3) is 0.667. The standard InChI is InChI=1S/C15H23NO/c1-11-6-7-12(16-10-11)9-14(17)13-5-4-8-15(13,2)3/h6-7,10,13-14,17H,4-5,8-9H2,1-3H3. The van der Waals surface area contributed by atoms with Gasteiger partial charge in [0.1, 0.15) is 0 Å². The maximum absolute atomic E-state index is 10.4. The van der Waals surface area contributed by atoms with Crippen molar-refractivity contribution in [2.24, 2.45) is 11.3 Å². The summed E-state index contributed by atoms with van der Waals surface area (Å²) in [6.45, 7) is 6.58. The van der Waals surface area contributed by atoms with E-state index < -0.39 is 0 Å². The lowest BCUT2D eigenvalue weighted by atomic mass is 9.77. The van der Waals surface area contributed by atoms with Crippen LogP contribution in [0.5, 0.6) is 0 Å². The summed E-state index contributed by atoms with van der Waals surface area (Å²) >= 11 is 0. The van der Waals surface area contributed by atoms with Crippen LogP contribution in [-0.4, -0.2) is 16.2 Å². The molecule has 17 heavy (non-hydrogen) atoms. The lowest BCUT2D eigenvalue weighted by Gasteiger charge is -2.31. The third-order valence-corrected chi connectivity index (χ3v) is 4.20. The molecule has 0 radical (unpaired) electrons. The van der Waals surface area contributed by atoms with E-state index in [1.807, 2.05) is 19.2 Å². The quantitative estimate of drug-likeness (QED) is 0.870. The zero-order valence-corrected chi connectivity index (χ0v) is 11.1. The van der Waals surface area contributed by atoms with E-state index in [0.717, 1.165) is 12.1 Å². The SMILES string of the molecule is Cc1ccc(CC(O)C2CCCC2(C)C)nc1. The molecule has 1 aliphatic rings. The maximum Gasteiger partial charge on any atom is 0.0628 e. The van der Waals surface area contributed by atoms with Gasteiger partial charge in [0.05, 0.1) is 6.10 Å². The van der Waals surface area contributed by atoms with E-state index in [9.17, 15) is 5.11 Å². The van der Waals surface area contributed by atoms with Crippen LogP contribution >= 0.6 is 0 Å². The van der Waals surface area contributed by atoms with Crippen LogP contribution in [0.25, 0.3) is 0 Å². The largest absolute Gasteiger partial charge is 0.392 e. The Morgan fingerprint density at radius 3 is 2.76 bits per heavy atom. The number of rotatable bonds is 3. The van der Waals surface area contributed by atoms with Crippen molar-refractivity contribution in [2.75, 3.05) is 0 Å². The monoisotopic (exact) mass is 233 g/mol. The topological polar surface area (TPSA) is 33.1 Å². The number of pyridine rings is 1. The molecule has 1 aromatic rings. The van der Waals surface area contributed by atoms with Crippen LogP contribution in [0.4, 0.5) is 0 Å². The first-order chi connectivity index (χ1) is 7.99. The summed E-state index contributed by atoms with van der Waals surface area (Å²) in [5, 5.41) is 10.4. The molecule has 0 amide bonds. The number of hydrogen-bond donors (Lipinski definition) is 1. The molecule has 2 nitrogen and oxygen atoms in total. The molecule has 0 spiro atoms. The van der Waals surface area contributed by atoms with Crippen LogP contribution in [0.3, 0.4) is 0 Å². The van der Waals surface area contributed by atoms with E-state index in [0.29, 0.717) is 12.3 Å². The summed E-state index contributed by atoms with van der Waals surface area (Å²) in [6, 6.07) is 4.09. The molecule has 1 fully saturated rings. The Kier molecular flexibility index (Phi) is 3.53. The third kappa shape index (κ3) is 2.86. The molecule has 2 unspecified atom stereocenters. The van der Waals surface area contributed by atoms with E-state index in [1.165, 1.54) is 18.4 Å². The molecule has 1 saturated carbocycles. The minimum Gasteiger partial charge on any atom is -0.392 e. The molecule has 0 bridgehead atoms. The average Bonchev–Trinajstić information content (AvgIpc) is 2.61. The Hall–Kier alpha value is -0.890. The molecule has 0 aliphatic heterocycles. The Balaban J connectivity index is 2.01. The van der Waals surface area contributed by atoms with E-state index in [2.05, 4.69) is 24.9 Å². The van der Waals surface area contributed by atoms with Gasteiger partial charge in [0.2, 0.25) is 0 Å². The summed E-state index contributed by atoms with van der Waals surface area (Å²) in [7, 11) is 0. The minimum atomic E-state index is -0.247. The van der Waals surface area contributed by atoms with Crippen molar-refractivity contribution >= 4 is 0 Å². The molecule has 1 aromatic heterocycles. The second-order valence-corrected chi connectivity index (χ2v) is 6.09. The van der Waals surface area contributed by atoms with Crippen molar-refractivity contribution in [3.8, 4) is 0 Å². The molecule has 94 valence electrons. The van der Waals surface area contributed by atoms with Gasteiger partial charge in [0, 0.05) is 18.3 Å². The van der Waals surface area contributed by atoms with E-state index in [-0.39, 0.29) is 11.5 Å². The predicted molar refractivity (Wildman–Crippen MR) is 69.8 cm³/mol. The number of aryl methyl sites for hydroxylation is 1. The lowest BCUT2D eigenvalue weighted by molar-refractivity contribution is 0.0536. The van der Waals surface area contributed by atoms with Gasteiger partial charge in [-0.1, -0.05) is 26.3 Å². The van der Waals surface area contributed by atoms with Gasteiger partial charge in [0.25, 0.3) is 0 Å². The first-order valence-corrected chi connectivity index (χ1v) is 6.58. The fourth-order valence-electron chi connectivity index (χ4n) is 3.04. The van der Waals surface area contributed by atoms with Gasteiger partial charge in [-0.15, -0.1) is 0 Å². The molecular formula is C15H23NO. The number of aliphatic hydroxyl groups excluding tert-OH is 1.